The summed E-state index contributed by atoms with van der Waals surface area (Å²) in [5.74, 6) is -1.69. The molecule has 0 saturated heterocycles. The number of rotatable bonds is 5. The number of aromatic hydroxyl groups is 1. The molecule has 4 N–H and O–H groups in total. The van der Waals surface area contributed by atoms with Gasteiger partial charge in [0.15, 0.2) is 11.5 Å². The summed E-state index contributed by atoms with van der Waals surface area (Å²) in [7, 11) is 0. The van der Waals surface area contributed by atoms with Crippen molar-refractivity contribution in [3.05, 3.63) is 75.3 Å². The van der Waals surface area contributed by atoms with Crippen molar-refractivity contribution < 1.29 is 24.5 Å². The summed E-state index contributed by atoms with van der Waals surface area (Å²) < 4.78 is 12.7. The Bertz CT molecular complexity index is 1360. The molecule has 1 aliphatic rings. The number of phenolic OH excluding ortho intramolecular Hbond substituents is 1. The highest BCUT2D eigenvalue weighted by Gasteiger charge is 2.37. The minimum Gasteiger partial charge on any atom is -0.503 e. The number of benzene rings is 2. The minimum atomic E-state index is -1.08. The lowest BCUT2D eigenvalue weighted by atomic mass is 9.84. The number of nitrogens with two attached hydrogens (primary N) is 1. The summed E-state index contributed by atoms with van der Waals surface area (Å²) in [5, 5.41) is 34.0. The van der Waals surface area contributed by atoms with Gasteiger partial charge >= 0.3 is 5.97 Å². The maximum absolute atomic E-state index is 11.4. The molecule has 0 radical (unpaired) electrons. The van der Waals surface area contributed by atoms with Crippen molar-refractivity contribution in [3.8, 4) is 29.1 Å². The molecule has 1 unspecified atom stereocenters. The highest BCUT2D eigenvalue weighted by atomic mass is 35.5. The van der Waals surface area contributed by atoms with Crippen LogP contribution in [0.5, 0.6) is 17.4 Å². The largest absolute Gasteiger partial charge is 0.503 e. The van der Waals surface area contributed by atoms with Crippen LogP contribution in [0.15, 0.2) is 47.9 Å². The Morgan fingerprint density at radius 3 is 2.82 bits per heavy atom. The highest BCUT2D eigenvalue weighted by molar-refractivity contribution is 6.32. The number of carbonyl (C=O) groups is 1. The number of aromatic nitrogens is 2. The average Bonchev–Trinajstić information content (AvgIpc) is 3.11. The molecule has 10 heteroatoms. The Morgan fingerprint density at radius 2 is 2.15 bits per heavy atom. The van der Waals surface area contributed by atoms with E-state index in [-0.39, 0.29) is 39.4 Å². The van der Waals surface area contributed by atoms with Crippen LogP contribution >= 0.6 is 11.6 Å². The molecule has 168 valence electrons. The SMILES string of the molecule is CCOc1cc(C2C(C#N)=C(N)Oc3c2c(C)nn3-c2cccc(C(=O)O)c2)cc(Cl)c1O. The van der Waals surface area contributed by atoms with E-state index in [1.165, 1.54) is 22.9 Å². The number of halogens is 1. The van der Waals surface area contributed by atoms with Crippen molar-refractivity contribution in [3.63, 3.8) is 0 Å². The minimum absolute atomic E-state index is 0.0547. The van der Waals surface area contributed by atoms with E-state index >= 15 is 0 Å². The average molecular weight is 467 g/mol. The van der Waals surface area contributed by atoms with Gasteiger partial charge in [0.1, 0.15) is 11.6 Å². The number of carboxylic acids is 1. The fourth-order valence-corrected chi connectivity index (χ4v) is 4.04. The van der Waals surface area contributed by atoms with Crippen molar-refractivity contribution in [2.45, 2.75) is 19.8 Å². The standard InChI is InChI=1S/C23H19ClN4O5/c1-3-32-17-9-13(8-16(24)20(17)29)19-15(10-25)21(26)33-22-18(19)11(2)27-28(22)14-6-4-5-12(7-14)23(30)31/h4-9,19,29H,3,26H2,1-2H3,(H,30,31). The van der Waals surface area contributed by atoms with Gasteiger partial charge in [0.05, 0.1) is 40.1 Å². The molecule has 0 amide bonds. The molecular formula is C23H19ClN4O5. The van der Waals surface area contributed by atoms with Crippen molar-refractivity contribution in [2.75, 3.05) is 6.61 Å². The van der Waals surface area contributed by atoms with E-state index in [0.29, 0.717) is 29.1 Å². The van der Waals surface area contributed by atoms with Crippen molar-refractivity contribution in [2.24, 2.45) is 5.73 Å². The number of allylic oxidation sites excluding steroid dienone is 1. The van der Waals surface area contributed by atoms with Gasteiger partial charge in [-0.05, 0) is 49.7 Å². The summed E-state index contributed by atoms with van der Waals surface area (Å²) in [6.07, 6.45) is 0. The molecule has 0 saturated carbocycles. The van der Waals surface area contributed by atoms with Crippen molar-refractivity contribution >= 4 is 17.6 Å². The monoisotopic (exact) mass is 466 g/mol. The number of phenols is 1. The molecule has 1 aromatic heterocycles. The van der Waals surface area contributed by atoms with Gasteiger partial charge in [-0.3, -0.25) is 0 Å². The van der Waals surface area contributed by atoms with Crippen LogP contribution < -0.4 is 15.2 Å². The maximum Gasteiger partial charge on any atom is 0.335 e. The third kappa shape index (κ3) is 3.70. The second-order valence-corrected chi connectivity index (χ2v) is 7.69. The predicted octanol–water partition coefficient (Wildman–Crippen LogP) is 3.85. The topological polar surface area (TPSA) is 144 Å². The number of hydrogen-bond donors (Lipinski definition) is 3. The zero-order valence-electron chi connectivity index (χ0n) is 17.7. The lowest BCUT2D eigenvalue weighted by Crippen LogP contribution is -2.22. The van der Waals surface area contributed by atoms with Gasteiger partial charge in [-0.2, -0.15) is 10.4 Å². The molecule has 4 rings (SSSR count). The number of nitriles is 1. The van der Waals surface area contributed by atoms with Crippen LogP contribution in [0.2, 0.25) is 5.02 Å². The lowest BCUT2D eigenvalue weighted by molar-refractivity contribution is 0.0697. The second kappa shape index (κ2) is 8.41. The third-order valence-corrected chi connectivity index (χ3v) is 5.54. The van der Waals surface area contributed by atoms with Crippen LogP contribution in [0.4, 0.5) is 0 Å². The summed E-state index contributed by atoms with van der Waals surface area (Å²) in [6, 6.07) is 11.4. The van der Waals surface area contributed by atoms with Crippen LogP contribution in [0.3, 0.4) is 0 Å². The first-order chi connectivity index (χ1) is 15.8. The molecule has 0 spiro atoms. The number of fused-ring (bicyclic) bond motifs is 1. The van der Waals surface area contributed by atoms with Crippen molar-refractivity contribution in [1.82, 2.24) is 9.78 Å². The summed E-state index contributed by atoms with van der Waals surface area (Å²) >= 11 is 6.25. The van der Waals surface area contributed by atoms with E-state index < -0.39 is 11.9 Å². The molecule has 3 aromatic rings. The summed E-state index contributed by atoms with van der Waals surface area (Å²) in [4.78, 5) is 11.4. The van der Waals surface area contributed by atoms with E-state index in [2.05, 4.69) is 11.2 Å². The van der Waals surface area contributed by atoms with Gasteiger partial charge in [-0.15, -0.1) is 0 Å². The Balaban J connectivity index is 1.95. The first kappa shape index (κ1) is 22.0. The molecule has 9 nitrogen and oxygen atoms in total. The van der Waals surface area contributed by atoms with E-state index in [1.54, 1.807) is 32.0 Å². The lowest BCUT2D eigenvalue weighted by Gasteiger charge is -2.25. The normalized spacial score (nSPS) is 14.9. The van der Waals surface area contributed by atoms with Crippen LogP contribution in [0.25, 0.3) is 5.69 Å². The Labute approximate surface area is 193 Å². The third-order valence-electron chi connectivity index (χ3n) is 5.25. The summed E-state index contributed by atoms with van der Waals surface area (Å²) in [5.41, 5.74) is 8.44. The fraction of sp³-hybridized carbons (Fsp3) is 0.174. The Morgan fingerprint density at radius 1 is 1.39 bits per heavy atom. The van der Waals surface area contributed by atoms with E-state index in [9.17, 15) is 20.3 Å². The van der Waals surface area contributed by atoms with Crippen LogP contribution in [-0.2, 0) is 0 Å². The van der Waals surface area contributed by atoms with Gasteiger partial charge in [0, 0.05) is 0 Å². The number of nitrogens with zero attached hydrogens (tertiary/aromatic N) is 3. The highest BCUT2D eigenvalue weighted by Crippen LogP contribution is 2.47. The second-order valence-electron chi connectivity index (χ2n) is 7.28. The summed E-state index contributed by atoms with van der Waals surface area (Å²) in [6.45, 7) is 3.81. The zero-order valence-corrected chi connectivity index (χ0v) is 18.4. The maximum atomic E-state index is 11.4. The fourth-order valence-electron chi connectivity index (χ4n) is 3.82. The molecule has 33 heavy (non-hydrogen) atoms. The molecule has 2 heterocycles. The number of aromatic carboxylic acids is 1. The quantitative estimate of drug-likeness (QED) is 0.514. The van der Waals surface area contributed by atoms with Crippen LogP contribution in [0, 0.1) is 18.3 Å². The first-order valence-electron chi connectivity index (χ1n) is 9.92. The molecular weight excluding hydrogens is 448 g/mol. The van der Waals surface area contributed by atoms with Gasteiger partial charge in [-0.25, -0.2) is 9.48 Å². The molecule has 2 aromatic carbocycles. The Kier molecular flexibility index (Phi) is 5.62. The molecule has 1 atom stereocenters. The predicted molar refractivity (Wildman–Crippen MR) is 119 cm³/mol. The van der Waals surface area contributed by atoms with E-state index in [0.717, 1.165) is 0 Å². The van der Waals surface area contributed by atoms with Crippen molar-refractivity contribution in [1.29, 1.82) is 5.26 Å². The number of carboxylic acid groups (broad SMARTS) is 1. The molecule has 1 aliphatic heterocycles. The van der Waals surface area contributed by atoms with Gasteiger partial charge < -0.3 is 25.4 Å². The van der Waals surface area contributed by atoms with Gasteiger partial charge in [0.25, 0.3) is 0 Å². The molecule has 0 fully saturated rings. The number of aryl methyl sites for hydroxylation is 1. The van der Waals surface area contributed by atoms with E-state index in [1.807, 2.05) is 0 Å². The first-order valence-corrected chi connectivity index (χ1v) is 10.3. The zero-order chi connectivity index (χ0) is 23.9. The van der Waals surface area contributed by atoms with Crippen LogP contribution in [-0.4, -0.2) is 32.6 Å². The number of ether oxygens (including phenoxy) is 2. The van der Waals surface area contributed by atoms with Crippen LogP contribution in [0.1, 0.15) is 40.0 Å². The molecule has 0 aliphatic carbocycles. The Hall–Kier alpha value is -4.16. The number of hydrogen-bond acceptors (Lipinski definition) is 7. The molecule has 0 bridgehead atoms. The van der Waals surface area contributed by atoms with E-state index in [4.69, 9.17) is 26.8 Å². The van der Waals surface area contributed by atoms with Gasteiger partial charge in [-0.1, -0.05) is 17.7 Å². The van der Waals surface area contributed by atoms with Gasteiger partial charge in [0.2, 0.25) is 11.8 Å². The smallest absolute Gasteiger partial charge is 0.335 e.